The zero-order valence-corrected chi connectivity index (χ0v) is 11.5. The topological polar surface area (TPSA) is 42.7 Å². The second-order valence-electron chi connectivity index (χ2n) is 4.33. The summed E-state index contributed by atoms with van der Waals surface area (Å²) in [6.45, 7) is 9.24. The van der Waals surface area contributed by atoms with Gasteiger partial charge >= 0.3 is 0 Å². The van der Waals surface area contributed by atoms with Crippen molar-refractivity contribution >= 4 is 5.82 Å². The molecule has 0 aliphatic heterocycles. The summed E-state index contributed by atoms with van der Waals surface area (Å²) in [6, 6.07) is 5.96. The highest BCUT2D eigenvalue weighted by molar-refractivity contribution is 5.41. The van der Waals surface area contributed by atoms with Crippen molar-refractivity contribution in [2.45, 2.75) is 34.1 Å². The molecule has 0 atom stereocenters. The van der Waals surface area contributed by atoms with Gasteiger partial charge in [-0.25, -0.2) is 9.67 Å². The Morgan fingerprint density at radius 3 is 2.61 bits per heavy atom. The van der Waals surface area contributed by atoms with Crippen LogP contribution in [0.15, 0.2) is 18.2 Å². The van der Waals surface area contributed by atoms with Crippen LogP contribution in [0.2, 0.25) is 0 Å². The number of pyridine rings is 1. The van der Waals surface area contributed by atoms with Crippen LogP contribution in [0.4, 0.5) is 5.82 Å². The van der Waals surface area contributed by atoms with E-state index < -0.39 is 0 Å². The first-order valence-corrected chi connectivity index (χ1v) is 6.43. The van der Waals surface area contributed by atoms with Gasteiger partial charge in [0, 0.05) is 12.2 Å². The van der Waals surface area contributed by atoms with Crippen molar-refractivity contribution in [1.82, 2.24) is 14.8 Å². The molecule has 96 valence electrons. The van der Waals surface area contributed by atoms with Gasteiger partial charge in [-0.3, -0.25) is 0 Å². The van der Waals surface area contributed by atoms with Crippen LogP contribution >= 0.6 is 0 Å². The summed E-state index contributed by atoms with van der Waals surface area (Å²) in [5.74, 6) is 1.76. The van der Waals surface area contributed by atoms with Gasteiger partial charge in [0.2, 0.25) is 0 Å². The Hall–Kier alpha value is -1.84. The molecule has 0 fully saturated rings. The predicted octanol–water partition coefficient (Wildman–Crippen LogP) is 2.88. The molecular weight excluding hydrogens is 224 g/mol. The number of rotatable bonds is 4. The molecule has 0 bridgehead atoms. The summed E-state index contributed by atoms with van der Waals surface area (Å²) in [4.78, 5) is 4.57. The Kier molecular flexibility index (Phi) is 3.65. The Labute approximate surface area is 108 Å². The van der Waals surface area contributed by atoms with Crippen LogP contribution in [0.1, 0.15) is 30.8 Å². The number of aryl methyl sites for hydroxylation is 1. The molecule has 0 spiro atoms. The van der Waals surface area contributed by atoms with E-state index in [1.807, 2.05) is 22.9 Å². The third kappa shape index (κ3) is 2.23. The summed E-state index contributed by atoms with van der Waals surface area (Å²) in [5.41, 5.74) is 3.58. The third-order valence-corrected chi connectivity index (χ3v) is 3.10. The second kappa shape index (κ2) is 5.21. The summed E-state index contributed by atoms with van der Waals surface area (Å²) >= 11 is 0. The summed E-state index contributed by atoms with van der Waals surface area (Å²) in [5, 5.41) is 7.80. The van der Waals surface area contributed by atoms with Crippen molar-refractivity contribution in [1.29, 1.82) is 0 Å². The van der Waals surface area contributed by atoms with E-state index in [9.17, 15) is 0 Å². The molecular formula is C14H20N4. The first kappa shape index (κ1) is 12.6. The zero-order chi connectivity index (χ0) is 13.1. The number of hydrogen-bond donors (Lipinski definition) is 1. The predicted molar refractivity (Wildman–Crippen MR) is 74.4 cm³/mol. The molecule has 4 heteroatoms. The van der Waals surface area contributed by atoms with Crippen LogP contribution in [-0.2, 0) is 6.42 Å². The molecule has 1 N–H and O–H groups in total. The Morgan fingerprint density at radius 2 is 2.00 bits per heavy atom. The molecule has 0 saturated heterocycles. The van der Waals surface area contributed by atoms with Crippen molar-refractivity contribution in [3.63, 3.8) is 0 Å². The van der Waals surface area contributed by atoms with Crippen molar-refractivity contribution in [2.75, 3.05) is 11.9 Å². The molecule has 2 rings (SSSR count). The molecule has 18 heavy (non-hydrogen) atoms. The maximum absolute atomic E-state index is 4.58. The minimum Gasteiger partial charge on any atom is -0.370 e. The molecule has 0 radical (unpaired) electrons. The number of nitrogens with one attached hydrogen (secondary N) is 1. The molecule has 0 unspecified atom stereocenters. The van der Waals surface area contributed by atoms with Gasteiger partial charge in [0.15, 0.2) is 5.82 Å². The smallest absolute Gasteiger partial charge is 0.156 e. The van der Waals surface area contributed by atoms with Gasteiger partial charge in [-0.2, -0.15) is 5.10 Å². The lowest BCUT2D eigenvalue weighted by atomic mass is 10.1. The number of hydrogen-bond acceptors (Lipinski definition) is 3. The van der Waals surface area contributed by atoms with Gasteiger partial charge in [-0.05, 0) is 44.9 Å². The van der Waals surface area contributed by atoms with Gasteiger partial charge in [-0.15, -0.1) is 0 Å². The first-order chi connectivity index (χ1) is 8.67. The molecule has 2 aromatic heterocycles. The van der Waals surface area contributed by atoms with Crippen molar-refractivity contribution in [3.05, 3.63) is 35.2 Å². The minimum absolute atomic E-state index is 0.869. The lowest BCUT2D eigenvalue weighted by Crippen LogP contribution is -2.05. The van der Waals surface area contributed by atoms with E-state index in [4.69, 9.17) is 0 Å². The van der Waals surface area contributed by atoms with Gasteiger partial charge in [0.25, 0.3) is 0 Å². The lowest BCUT2D eigenvalue weighted by Gasteiger charge is -2.07. The van der Waals surface area contributed by atoms with Crippen LogP contribution < -0.4 is 5.32 Å². The fourth-order valence-electron chi connectivity index (χ4n) is 2.23. The molecule has 0 saturated carbocycles. The maximum Gasteiger partial charge on any atom is 0.156 e. The van der Waals surface area contributed by atoms with Crippen molar-refractivity contribution in [3.8, 4) is 5.82 Å². The van der Waals surface area contributed by atoms with Crippen LogP contribution in [0.5, 0.6) is 0 Å². The summed E-state index contributed by atoms with van der Waals surface area (Å²) in [6.07, 6.45) is 1.00. The van der Waals surface area contributed by atoms with E-state index in [2.05, 4.69) is 43.1 Å². The molecule has 4 nitrogen and oxygen atoms in total. The average Bonchev–Trinajstić information content (AvgIpc) is 2.65. The largest absolute Gasteiger partial charge is 0.370 e. The zero-order valence-electron chi connectivity index (χ0n) is 11.5. The van der Waals surface area contributed by atoms with E-state index >= 15 is 0 Å². The standard InChI is InChI=1S/C14H20N4/c1-5-12-10(3)17-18(11(12)4)14-9-7-8-13(16-14)15-6-2/h7-9H,5-6H2,1-4H3,(H,15,16). The number of nitrogens with zero attached hydrogens (tertiary/aromatic N) is 3. The fourth-order valence-corrected chi connectivity index (χ4v) is 2.23. The van der Waals surface area contributed by atoms with Gasteiger partial charge in [0.05, 0.1) is 5.69 Å². The molecule has 0 aliphatic rings. The average molecular weight is 244 g/mol. The quantitative estimate of drug-likeness (QED) is 0.899. The van der Waals surface area contributed by atoms with Crippen LogP contribution in [0, 0.1) is 13.8 Å². The fraction of sp³-hybridized carbons (Fsp3) is 0.429. The Bertz CT molecular complexity index is 543. The maximum atomic E-state index is 4.58. The van der Waals surface area contributed by atoms with Crippen molar-refractivity contribution < 1.29 is 0 Å². The van der Waals surface area contributed by atoms with E-state index in [0.29, 0.717) is 0 Å². The minimum atomic E-state index is 0.869. The van der Waals surface area contributed by atoms with Crippen molar-refractivity contribution in [2.24, 2.45) is 0 Å². The van der Waals surface area contributed by atoms with Crippen LogP contribution in [-0.4, -0.2) is 21.3 Å². The van der Waals surface area contributed by atoms with Crippen LogP contribution in [0.25, 0.3) is 5.82 Å². The van der Waals surface area contributed by atoms with Gasteiger partial charge < -0.3 is 5.32 Å². The normalized spacial score (nSPS) is 10.7. The highest BCUT2D eigenvalue weighted by Crippen LogP contribution is 2.18. The lowest BCUT2D eigenvalue weighted by molar-refractivity contribution is 0.805. The highest BCUT2D eigenvalue weighted by Gasteiger charge is 2.11. The van der Waals surface area contributed by atoms with E-state index in [1.54, 1.807) is 0 Å². The molecule has 2 heterocycles. The monoisotopic (exact) mass is 244 g/mol. The molecule has 0 aromatic carbocycles. The molecule has 0 aliphatic carbocycles. The van der Waals surface area contributed by atoms with Gasteiger partial charge in [-0.1, -0.05) is 13.0 Å². The van der Waals surface area contributed by atoms with E-state index in [0.717, 1.165) is 30.3 Å². The van der Waals surface area contributed by atoms with Crippen LogP contribution in [0.3, 0.4) is 0 Å². The number of anilines is 1. The third-order valence-electron chi connectivity index (χ3n) is 3.10. The van der Waals surface area contributed by atoms with E-state index in [-0.39, 0.29) is 0 Å². The molecule has 2 aromatic rings. The second-order valence-corrected chi connectivity index (χ2v) is 4.33. The Morgan fingerprint density at radius 1 is 1.22 bits per heavy atom. The SMILES string of the molecule is CCNc1cccc(-n2nc(C)c(CC)c2C)n1. The summed E-state index contributed by atoms with van der Waals surface area (Å²) < 4.78 is 1.93. The number of aromatic nitrogens is 3. The molecule has 0 amide bonds. The highest BCUT2D eigenvalue weighted by atomic mass is 15.3. The first-order valence-electron chi connectivity index (χ1n) is 6.43. The van der Waals surface area contributed by atoms with Gasteiger partial charge in [0.1, 0.15) is 5.82 Å². The summed E-state index contributed by atoms with van der Waals surface area (Å²) in [7, 11) is 0. The van der Waals surface area contributed by atoms with E-state index in [1.165, 1.54) is 11.3 Å². The Balaban J connectivity index is 2.45.